The molecule has 0 aromatic rings. The zero-order valence-corrected chi connectivity index (χ0v) is 11.9. The predicted molar refractivity (Wildman–Crippen MR) is 69.5 cm³/mol. The maximum absolute atomic E-state index is 5.78. The summed E-state index contributed by atoms with van der Waals surface area (Å²) in [6.45, 7) is 2.00. The van der Waals surface area contributed by atoms with Crippen molar-refractivity contribution in [3.8, 4) is 0 Å². The molecule has 0 amide bonds. The SMILES string of the molecule is C1CCC(CCOC[SiH2]C2CCCO2)CC1. The number of rotatable bonds is 6. The van der Waals surface area contributed by atoms with Gasteiger partial charge in [0.15, 0.2) is 0 Å². The highest BCUT2D eigenvalue weighted by Crippen LogP contribution is 2.26. The summed E-state index contributed by atoms with van der Waals surface area (Å²) in [5.74, 6) is 0.971. The van der Waals surface area contributed by atoms with Crippen LogP contribution in [-0.2, 0) is 9.47 Å². The summed E-state index contributed by atoms with van der Waals surface area (Å²) >= 11 is 0. The molecule has 1 heterocycles. The van der Waals surface area contributed by atoms with Gasteiger partial charge in [-0.3, -0.25) is 0 Å². The monoisotopic (exact) mass is 242 g/mol. The van der Waals surface area contributed by atoms with Crippen LogP contribution in [-0.4, -0.2) is 34.7 Å². The molecule has 1 atom stereocenters. The van der Waals surface area contributed by atoms with Crippen molar-refractivity contribution in [2.45, 2.75) is 57.1 Å². The van der Waals surface area contributed by atoms with Crippen LogP contribution in [0.3, 0.4) is 0 Å². The first-order chi connectivity index (χ1) is 7.95. The number of ether oxygens (including phenoxy) is 2. The summed E-state index contributed by atoms with van der Waals surface area (Å²) in [6, 6.07) is 0. The van der Waals surface area contributed by atoms with Crippen molar-refractivity contribution >= 4 is 9.52 Å². The minimum Gasteiger partial charge on any atom is -0.385 e. The molecule has 3 heteroatoms. The molecule has 1 aliphatic heterocycles. The van der Waals surface area contributed by atoms with Gasteiger partial charge in [0, 0.05) is 25.2 Å². The van der Waals surface area contributed by atoms with Crippen molar-refractivity contribution in [3.05, 3.63) is 0 Å². The normalized spacial score (nSPS) is 28.1. The second kappa shape index (κ2) is 7.46. The lowest BCUT2D eigenvalue weighted by molar-refractivity contribution is 0.134. The molecule has 0 N–H and O–H groups in total. The second-order valence-electron chi connectivity index (χ2n) is 5.33. The molecule has 0 aromatic carbocycles. The number of hydrogen-bond acceptors (Lipinski definition) is 2. The minimum atomic E-state index is -0.105. The summed E-state index contributed by atoms with van der Waals surface area (Å²) in [5, 5.41) is 0. The molecule has 1 unspecified atom stereocenters. The van der Waals surface area contributed by atoms with Crippen LogP contribution in [0.15, 0.2) is 0 Å². The Morgan fingerprint density at radius 2 is 1.94 bits per heavy atom. The van der Waals surface area contributed by atoms with E-state index < -0.39 is 0 Å². The molecule has 2 rings (SSSR count). The van der Waals surface area contributed by atoms with Crippen LogP contribution < -0.4 is 0 Å². The summed E-state index contributed by atoms with van der Waals surface area (Å²) in [5.41, 5.74) is 0.634. The molecule has 0 radical (unpaired) electrons. The molecule has 2 aliphatic rings. The molecule has 16 heavy (non-hydrogen) atoms. The van der Waals surface area contributed by atoms with Crippen molar-refractivity contribution < 1.29 is 9.47 Å². The highest BCUT2D eigenvalue weighted by atomic mass is 28.2. The van der Waals surface area contributed by atoms with E-state index in [1.54, 1.807) is 0 Å². The molecule has 0 aromatic heterocycles. The molecular weight excluding hydrogens is 216 g/mol. The summed E-state index contributed by atoms with van der Waals surface area (Å²) in [7, 11) is -0.105. The Balaban J connectivity index is 1.42. The summed E-state index contributed by atoms with van der Waals surface area (Å²) < 4.78 is 11.4. The quantitative estimate of drug-likeness (QED) is 0.525. The lowest BCUT2D eigenvalue weighted by atomic mass is 9.87. The van der Waals surface area contributed by atoms with E-state index in [9.17, 15) is 0 Å². The van der Waals surface area contributed by atoms with E-state index in [1.165, 1.54) is 51.4 Å². The standard InChI is InChI=1S/C13H26O2Si/c1-2-5-12(6-3-1)8-10-14-11-16-13-7-4-9-15-13/h12-13H,1-11,16H2. The van der Waals surface area contributed by atoms with Crippen LogP contribution in [0, 0.1) is 5.92 Å². The van der Waals surface area contributed by atoms with Crippen molar-refractivity contribution in [1.82, 2.24) is 0 Å². The second-order valence-corrected chi connectivity index (χ2v) is 7.23. The largest absolute Gasteiger partial charge is 0.385 e. The van der Waals surface area contributed by atoms with Crippen LogP contribution in [0.4, 0.5) is 0 Å². The van der Waals surface area contributed by atoms with Gasteiger partial charge in [-0.1, -0.05) is 32.1 Å². The molecule has 2 fully saturated rings. The first kappa shape index (κ1) is 12.6. The molecule has 2 nitrogen and oxygen atoms in total. The van der Waals surface area contributed by atoms with Gasteiger partial charge in [-0.15, -0.1) is 0 Å². The van der Waals surface area contributed by atoms with Gasteiger partial charge in [0.2, 0.25) is 0 Å². The molecule has 94 valence electrons. The van der Waals surface area contributed by atoms with Crippen LogP contribution in [0.25, 0.3) is 0 Å². The lowest BCUT2D eigenvalue weighted by Crippen LogP contribution is -2.21. The van der Waals surface area contributed by atoms with Gasteiger partial charge in [-0.2, -0.15) is 0 Å². The third-order valence-corrected chi connectivity index (χ3v) is 5.82. The average molecular weight is 242 g/mol. The Bertz CT molecular complexity index is 175. The summed E-state index contributed by atoms with van der Waals surface area (Å²) in [4.78, 5) is 0. The minimum absolute atomic E-state index is 0.105. The van der Waals surface area contributed by atoms with Crippen LogP contribution in [0.5, 0.6) is 0 Å². The van der Waals surface area contributed by atoms with Gasteiger partial charge in [0.1, 0.15) is 0 Å². The van der Waals surface area contributed by atoms with Gasteiger partial charge in [-0.25, -0.2) is 0 Å². The van der Waals surface area contributed by atoms with Gasteiger partial charge in [0.25, 0.3) is 0 Å². The zero-order valence-electron chi connectivity index (χ0n) is 10.5. The Morgan fingerprint density at radius 1 is 1.06 bits per heavy atom. The Kier molecular flexibility index (Phi) is 5.87. The van der Waals surface area contributed by atoms with Gasteiger partial charge in [0.05, 0.1) is 9.52 Å². The summed E-state index contributed by atoms with van der Waals surface area (Å²) in [6.07, 6.45) is 12.2. The third-order valence-electron chi connectivity index (χ3n) is 4.00. The molecule has 1 saturated carbocycles. The van der Waals surface area contributed by atoms with Crippen molar-refractivity contribution in [2.24, 2.45) is 5.92 Å². The molecule has 0 bridgehead atoms. The highest BCUT2D eigenvalue weighted by molar-refractivity contribution is 6.37. The van der Waals surface area contributed by atoms with Crippen LogP contribution in [0.2, 0.25) is 0 Å². The van der Waals surface area contributed by atoms with E-state index in [0.29, 0.717) is 5.73 Å². The van der Waals surface area contributed by atoms with E-state index in [2.05, 4.69) is 0 Å². The van der Waals surface area contributed by atoms with Crippen molar-refractivity contribution in [2.75, 3.05) is 19.4 Å². The van der Waals surface area contributed by atoms with Crippen molar-refractivity contribution in [3.63, 3.8) is 0 Å². The lowest BCUT2D eigenvalue weighted by Gasteiger charge is -2.21. The van der Waals surface area contributed by atoms with E-state index in [-0.39, 0.29) is 9.52 Å². The fourth-order valence-electron chi connectivity index (χ4n) is 2.91. The third kappa shape index (κ3) is 4.56. The predicted octanol–water partition coefficient (Wildman–Crippen LogP) is 2.24. The molecule has 1 saturated heterocycles. The maximum atomic E-state index is 5.78. The maximum Gasteiger partial charge on any atom is 0.0861 e. The van der Waals surface area contributed by atoms with E-state index >= 15 is 0 Å². The fourth-order valence-corrected chi connectivity index (χ4v) is 4.46. The van der Waals surface area contributed by atoms with E-state index in [1.807, 2.05) is 0 Å². The smallest absolute Gasteiger partial charge is 0.0861 e. The van der Waals surface area contributed by atoms with Crippen LogP contribution >= 0.6 is 0 Å². The first-order valence-electron chi connectivity index (χ1n) is 7.14. The van der Waals surface area contributed by atoms with E-state index in [4.69, 9.17) is 9.47 Å². The van der Waals surface area contributed by atoms with Crippen LogP contribution in [0.1, 0.15) is 51.4 Å². The fraction of sp³-hybridized carbons (Fsp3) is 1.00. The topological polar surface area (TPSA) is 18.5 Å². The Morgan fingerprint density at radius 3 is 2.69 bits per heavy atom. The average Bonchev–Trinajstić information content (AvgIpc) is 2.83. The van der Waals surface area contributed by atoms with Gasteiger partial charge >= 0.3 is 0 Å². The number of hydrogen-bond donors (Lipinski definition) is 0. The zero-order chi connectivity index (χ0) is 11.1. The van der Waals surface area contributed by atoms with Gasteiger partial charge < -0.3 is 9.47 Å². The Labute approximate surface area is 102 Å². The first-order valence-corrected chi connectivity index (χ1v) is 8.96. The van der Waals surface area contributed by atoms with Crippen molar-refractivity contribution in [1.29, 1.82) is 0 Å². The Hall–Kier alpha value is 0.137. The molecule has 0 spiro atoms. The van der Waals surface area contributed by atoms with E-state index in [0.717, 1.165) is 25.4 Å². The van der Waals surface area contributed by atoms with Gasteiger partial charge in [-0.05, 0) is 25.2 Å². The highest BCUT2D eigenvalue weighted by Gasteiger charge is 2.16. The molecular formula is C13H26O2Si. The molecule has 1 aliphatic carbocycles.